The topological polar surface area (TPSA) is 75.2 Å². The van der Waals surface area contributed by atoms with Crippen LogP contribution in [-0.2, 0) is 22.5 Å². The summed E-state index contributed by atoms with van der Waals surface area (Å²) >= 11 is 0. The van der Waals surface area contributed by atoms with Crippen LogP contribution in [0.15, 0.2) is 67.3 Å². The van der Waals surface area contributed by atoms with E-state index in [9.17, 15) is 4.79 Å². The molecule has 1 saturated heterocycles. The van der Waals surface area contributed by atoms with Gasteiger partial charge in [-0.2, -0.15) is 0 Å². The fourth-order valence-corrected chi connectivity index (χ4v) is 6.35. The standard InChI is InChI=1S/C29H32FN5O2/c1-37-29(36)27-17-22-20-7-3-5-10-24(20)33-28(22)26-16-19(32-11-6-13-34-14-12-31-18-34)15-25(35(26)27)21-8-2-4-9-23(21)30/h2-5,7-10,12,14,18-19,25-27,32-33H,6,11,13,15-17H2,1H3/t19-,25-,26+,27-/m0/s1. The number of para-hydroxylation sites is 1. The molecule has 0 amide bonds. The van der Waals surface area contributed by atoms with E-state index in [0.29, 0.717) is 18.4 Å². The third-order valence-electron chi connectivity index (χ3n) is 8.00. The second kappa shape index (κ2) is 10.1. The van der Waals surface area contributed by atoms with E-state index < -0.39 is 6.04 Å². The number of ether oxygens (including phenoxy) is 1. The molecule has 0 spiro atoms. The summed E-state index contributed by atoms with van der Waals surface area (Å²) in [6.07, 6.45) is 8.64. The first kappa shape index (κ1) is 23.9. The van der Waals surface area contributed by atoms with Gasteiger partial charge in [-0.1, -0.05) is 36.4 Å². The second-order valence-corrected chi connectivity index (χ2v) is 10.1. The molecule has 0 radical (unpaired) electrons. The predicted molar refractivity (Wildman–Crippen MR) is 139 cm³/mol. The number of methoxy groups -OCH3 is 1. The van der Waals surface area contributed by atoms with Crippen molar-refractivity contribution < 1.29 is 13.9 Å². The average molecular weight is 502 g/mol. The molecule has 8 heteroatoms. The van der Waals surface area contributed by atoms with Crippen LogP contribution in [-0.4, -0.2) is 51.1 Å². The molecule has 0 aliphatic carbocycles. The Morgan fingerprint density at radius 1 is 1.16 bits per heavy atom. The van der Waals surface area contributed by atoms with E-state index >= 15 is 4.39 Å². The number of fused-ring (bicyclic) bond motifs is 5. The highest BCUT2D eigenvalue weighted by atomic mass is 19.1. The number of hydrogen-bond acceptors (Lipinski definition) is 5. The molecule has 6 rings (SSSR count). The Morgan fingerprint density at radius 2 is 1.97 bits per heavy atom. The van der Waals surface area contributed by atoms with E-state index in [1.54, 1.807) is 12.3 Å². The molecule has 0 unspecified atom stereocenters. The molecule has 4 aromatic rings. The molecule has 4 heterocycles. The largest absolute Gasteiger partial charge is 0.468 e. The molecule has 2 aliphatic rings. The number of hydrogen-bond donors (Lipinski definition) is 2. The molecule has 1 fully saturated rings. The molecule has 2 aliphatic heterocycles. The lowest BCUT2D eigenvalue weighted by Crippen LogP contribution is -2.55. The van der Waals surface area contributed by atoms with Gasteiger partial charge in [-0.15, -0.1) is 0 Å². The van der Waals surface area contributed by atoms with Crippen LogP contribution in [0.1, 0.15) is 48.2 Å². The number of piperidine rings is 1. The predicted octanol–water partition coefficient (Wildman–Crippen LogP) is 4.53. The van der Waals surface area contributed by atoms with Gasteiger partial charge in [0.2, 0.25) is 0 Å². The number of rotatable bonds is 7. The number of esters is 1. The smallest absolute Gasteiger partial charge is 0.323 e. The molecular formula is C29H32FN5O2. The van der Waals surface area contributed by atoms with Crippen LogP contribution in [0, 0.1) is 5.82 Å². The highest BCUT2D eigenvalue weighted by Gasteiger charge is 2.48. The van der Waals surface area contributed by atoms with Gasteiger partial charge in [-0.3, -0.25) is 9.69 Å². The number of benzene rings is 2. The highest BCUT2D eigenvalue weighted by Crippen LogP contribution is 2.49. The first-order chi connectivity index (χ1) is 18.1. The lowest BCUT2D eigenvalue weighted by Gasteiger charge is -2.50. The minimum atomic E-state index is -0.478. The molecular weight excluding hydrogens is 469 g/mol. The molecule has 0 saturated carbocycles. The summed E-state index contributed by atoms with van der Waals surface area (Å²) in [7, 11) is 1.44. The van der Waals surface area contributed by atoms with Crippen LogP contribution in [0.4, 0.5) is 4.39 Å². The molecule has 4 atom stereocenters. The van der Waals surface area contributed by atoms with Crippen LogP contribution < -0.4 is 5.32 Å². The number of carbonyl (C=O) groups is 1. The van der Waals surface area contributed by atoms with Crippen molar-refractivity contribution >= 4 is 16.9 Å². The van der Waals surface area contributed by atoms with Crippen LogP contribution in [0.25, 0.3) is 10.9 Å². The molecule has 7 nitrogen and oxygen atoms in total. The van der Waals surface area contributed by atoms with E-state index in [1.807, 2.05) is 36.8 Å². The third kappa shape index (κ3) is 4.45. The monoisotopic (exact) mass is 501 g/mol. The quantitative estimate of drug-likeness (QED) is 0.288. The normalized spacial score (nSPS) is 23.5. The molecule has 0 bridgehead atoms. The zero-order valence-corrected chi connectivity index (χ0v) is 20.9. The summed E-state index contributed by atoms with van der Waals surface area (Å²) in [6.45, 7) is 1.74. The summed E-state index contributed by atoms with van der Waals surface area (Å²) < 4.78 is 22.6. The van der Waals surface area contributed by atoms with Gasteiger partial charge < -0.3 is 19.6 Å². The van der Waals surface area contributed by atoms with Crippen molar-refractivity contribution in [2.45, 2.75) is 56.4 Å². The Balaban J connectivity index is 1.36. The lowest BCUT2D eigenvalue weighted by molar-refractivity contribution is -0.152. The first-order valence-corrected chi connectivity index (χ1v) is 13.0. The van der Waals surface area contributed by atoms with Crippen molar-refractivity contribution in [2.24, 2.45) is 0 Å². The van der Waals surface area contributed by atoms with E-state index in [1.165, 1.54) is 18.7 Å². The number of nitrogens with zero attached hydrogens (tertiary/aromatic N) is 3. The Labute approximate surface area is 215 Å². The number of H-pyrrole nitrogens is 1. The maximum atomic E-state index is 15.2. The Bertz CT molecular complexity index is 1380. The van der Waals surface area contributed by atoms with Gasteiger partial charge in [-0.25, -0.2) is 9.37 Å². The lowest BCUT2D eigenvalue weighted by atomic mass is 9.79. The Kier molecular flexibility index (Phi) is 6.52. The Morgan fingerprint density at radius 3 is 2.78 bits per heavy atom. The SMILES string of the molecule is COC(=O)[C@@H]1Cc2c([nH]c3ccccc23)[C@H]2C[C@@H](NCCCn3ccnc3)C[C@@H](c3ccccc3F)N21. The number of nitrogens with one attached hydrogen (secondary N) is 2. The fraction of sp³-hybridized carbons (Fsp3) is 0.379. The summed E-state index contributed by atoms with van der Waals surface area (Å²) in [5.74, 6) is -0.507. The fourth-order valence-electron chi connectivity index (χ4n) is 6.35. The summed E-state index contributed by atoms with van der Waals surface area (Å²) in [5, 5.41) is 4.89. The van der Waals surface area contributed by atoms with Crippen molar-refractivity contribution in [3.8, 4) is 0 Å². The summed E-state index contributed by atoms with van der Waals surface area (Å²) in [4.78, 5) is 23.2. The van der Waals surface area contributed by atoms with Gasteiger partial charge in [0.05, 0.1) is 19.5 Å². The second-order valence-electron chi connectivity index (χ2n) is 10.1. The zero-order chi connectivity index (χ0) is 25.4. The minimum Gasteiger partial charge on any atom is -0.468 e. The van der Waals surface area contributed by atoms with Crippen molar-refractivity contribution in [1.82, 2.24) is 24.8 Å². The number of aromatic nitrogens is 3. The van der Waals surface area contributed by atoms with Crippen LogP contribution in [0.3, 0.4) is 0 Å². The van der Waals surface area contributed by atoms with Crippen LogP contribution in [0.2, 0.25) is 0 Å². The zero-order valence-electron chi connectivity index (χ0n) is 20.9. The summed E-state index contributed by atoms with van der Waals surface area (Å²) in [6, 6.07) is 14.6. The molecule has 2 aromatic carbocycles. The number of aromatic amines is 1. The van der Waals surface area contributed by atoms with Gasteiger partial charge in [0.15, 0.2) is 0 Å². The molecule has 2 aromatic heterocycles. The number of aryl methyl sites for hydroxylation is 1. The van der Waals surface area contributed by atoms with Gasteiger partial charge in [-0.05, 0) is 43.5 Å². The van der Waals surface area contributed by atoms with Crippen LogP contribution in [0.5, 0.6) is 0 Å². The third-order valence-corrected chi connectivity index (χ3v) is 8.00. The number of imidazole rings is 1. The van der Waals surface area contributed by atoms with Gasteiger partial charge in [0.25, 0.3) is 0 Å². The van der Waals surface area contributed by atoms with Crippen LogP contribution >= 0.6 is 0 Å². The van der Waals surface area contributed by atoms with Gasteiger partial charge >= 0.3 is 5.97 Å². The maximum Gasteiger partial charge on any atom is 0.323 e. The van der Waals surface area contributed by atoms with E-state index in [2.05, 4.69) is 36.9 Å². The van der Waals surface area contributed by atoms with E-state index in [4.69, 9.17) is 4.74 Å². The van der Waals surface area contributed by atoms with Gasteiger partial charge in [0, 0.05) is 59.6 Å². The highest BCUT2D eigenvalue weighted by molar-refractivity contribution is 5.87. The average Bonchev–Trinajstić information content (AvgIpc) is 3.58. The molecule has 2 N–H and O–H groups in total. The van der Waals surface area contributed by atoms with Gasteiger partial charge in [0.1, 0.15) is 11.9 Å². The number of carbonyl (C=O) groups excluding carboxylic acids is 1. The molecule has 37 heavy (non-hydrogen) atoms. The van der Waals surface area contributed by atoms with E-state index in [0.717, 1.165) is 42.5 Å². The molecule has 192 valence electrons. The van der Waals surface area contributed by atoms with Crippen molar-refractivity contribution in [2.75, 3.05) is 13.7 Å². The number of halogens is 1. The maximum absolute atomic E-state index is 15.2. The Hall–Kier alpha value is -3.49. The van der Waals surface area contributed by atoms with Crippen molar-refractivity contribution in [1.29, 1.82) is 0 Å². The minimum absolute atomic E-state index is 0.0650. The summed E-state index contributed by atoms with van der Waals surface area (Å²) in [5.41, 5.74) is 4.00. The van der Waals surface area contributed by atoms with E-state index in [-0.39, 0.29) is 29.9 Å². The first-order valence-electron chi connectivity index (χ1n) is 13.0. The van der Waals surface area contributed by atoms with Crippen molar-refractivity contribution in [3.05, 3.63) is 89.9 Å². The van der Waals surface area contributed by atoms with Crippen molar-refractivity contribution in [3.63, 3.8) is 0 Å².